The Morgan fingerprint density at radius 2 is 1.50 bits per heavy atom. The summed E-state index contributed by atoms with van der Waals surface area (Å²) < 4.78 is 6.13. The Morgan fingerprint density at radius 3 is 2.13 bits per heavy atom. The summed E-state index contributed by atoms with van der Waals surface area (Å²) in [5, 5.41) is 0. The van der Waals surface area contributed by atoms with Crippen molar-refractivity contribution in [2.75, 3.05) is 0 Å². The zero-order chi connectivity index (χ0) is 33.2. The highest BCUT2D eigenvalue weighted by Gasteiger charge is 2.59. The van der Waals surface area contributed by atoms with Crippen LogP contribution in [0.25, 0.3) is 0 Å². The second kappa shape index (κ2) is 18.1. The normalized spacial score (nSPS) is 33.3. The van der Waals surface area contributed by atoms with Crippen LogP contribution in [0.5, 0.6) is 0 Å². The molecule has 0 aromatic rings. The topological polar surface area (TPSA) is 26.3 Å². The van der Waals surface area contributed by atoms with Gasteiger partial charge in [-0.15, -0.1) is 0 Å². The van der Waals surface area contributed by atoms with Crippen LogP contribution in [-0.4, -0.2) is 12.1 Å². The maximum atomic E-state index is 12.8. The summed E-state index contributed by atoms with van der Waals surface area (Å²) in [6, 6.07) is 0. The molecule has 3 fully saturated rings. The van der Waals surface area contributed by atoms with Crippen molar-refractivity contribution in [3.05, 3.63) is 23.3 Å². The lowest BCUT2D eigenvalue weighted by Gasteiger charge is -2.58. The zero-order valence-electron chi connectivity index (χ0n) is 31.8. The highest BCUT2D eigenvalue weighted by atomic mass is 16.5. The Kier molecular flexibility index (Phi) is 14.8. The van der Waals surface area contributed by atoms with E-state index in [0.29, 0.717) is 23.2 Å². The molecule has 46 heavy (non-hydrogen) atoms. The van der Waals surface area contributed by atoms with E-state index < -0.39 is 0 Å². The van der Waals surface area contributed by atoms with Gasteiger partial charge in [0, 0.05) is 12.8 Å². The Labute approximate surface area is 286 Å². The monoisotopic (exact) mass is 637 g/mol. The van der Waals surface area contributed by atoms with Crippen LogP contribution >= 0.6 is 0 Å². The Hall–Kier alpha value is -1.05. The minimum atomic E-state index is 0.0597. The first-order chi connectivity index (χ1) is 22.1. The molecule has 4 rings (SSSR count). The molecule has 264 valence electrons. The minimum Gasteiger partial charge on any atom is -0.462 e. The molecule has 0 N–H and O–H groups in total. The van der Waals surface area contributed by atoms with Crippen molar-refractivity contribution in [1.82, 2.24) is 0 Å². The van der Waals surface area contributed by atoms with Gasteiger partial charge in [0.1, 0.15) is 6.10 Å². The van der Waals surface area contributed by atoms with Crippen molar-refractivity contribution < 1.29 is 9.53 Å². The van der Waals surface area contributed by atoms with E-state index in [1.54, 1.807) is 11.1 Å². The summed E-state index contributed by atoms with van der Waals surface area (Å²) >= 11 is 0. The third kappa shape index (κ3) is 9.34. The van der Waals surface area contributed by atoms with Crippen LogP contribution in [0.3, 0.4) is 0 Å². The third-order valence-corrected chi connectivity index (χ3v) is 14.4. The Bertz CT molecular complexity index is 990. The van der Waals surface area contributed by atoms with Gasteiger partial charge in [0.25, 0.3) is 0 Å². The maximum absolute atomic E-state index is 12.8. The molecular formula is C44H76O2. The average Bonchev–Trinajstić information content (AvgIpc) is 3.39. The number of hydrogen-bond donors (Lipinski definition) is 0. The van der Waals surface area contributed by atoms with Gasteiger partial charge in [-0.2, -0.15) is 0 Å². The maximum Gasteiger partial charge on any atom is 0.306 e. The van der Waals surface area contributed by atoms with E-state index in [-0.39, 0.29) is 12.1 Å². The number of rotatable bonds is 19. The molecule has 0 unspecified atom stereocenters. The van der Waals surface area contributed by atoms with E-state index in [4.69, 9.17) is 4.74 Å². The quantitative estimate of drug-likeness (QED) is 0.0801. The fourth-order valence-electron chi connectivity index (χ4n) is 11.4. The lowest BCUT2D eigenvalue weighted by atomic mass is 9.47. The molecule has 4 aliphatic carbocycles. The van der Waals surface area contributed by atoms with E-state index in [1.165, 1.54) is 122 Å². The van der Waals surface area contributed by atoms with Gasteiger partial charge in [-0.3, -0.25) is 4.79 Å². The van der Waals surface area contributed by atoms with Gasteiger partial charge < -0.3 is 4.74 Å². The number of esters is 1. The number of carbonyl (C=O) groups is 1. The SMILES string of the molecule is C/C=C(/CC[C@@H](C)[C@H]1CC[C@H]2[C@@H]3CC=C4C[C@@H](OC(=O)CCCCCCCCCCCCCC)CC[C@]4(C)[C@H]3CC[C@]12C)C(C)C. The second-order valence-corrected chi connectivity index (χ2v) is 17.5. The van der Waals surface area contributed by atoms with Gasteiger partial charge in [0.15, 0.2) is 0 Å². The van der Waals surface area contributed by atoms with Crippen LogP contribution in [0.2, 0.25) is 0 Å². The predicted molar refractivity (Wildman–Crippen MR) is 198 cm³/mol. The van der Waals surface area contributed by atoms with Crippen LogP contribution in [0, 0.1) is 46.3 Å². The largest absolute Gasteiger partial charge is 0.462 e. The van der Waals surface area contributed by atoms with Crippen LogP contribution in [-0.2, 0) is 9.53 Å². The van der Waals surface area contributed by atoms with Crippen molar-refractivity contribution in [2.45, 2.75) is 202 Å². The lowest BCUT2D eigenvalue weighted by molar-refractivity contribution is -0.151. The van der Waals surface area contributed by atoms with Gasteiger partial charge in [-0.25, -0.2) is 0 Å². The molecule has 0 aromatic carbocycles. The second-order valence-electron chi connectivity index (χ2n) is 17.5. The van der Waals surface area contributed by atoms with Gasteiger partial charge in [0.2, 0.25) is 0 Å². The standard InChI is InChI=1S/C44H76O2/c1-8-10-11-12-13-14-15-16-17-18-19-20-21-42(45)46-37-28-30-43(6)36(32-37)24-25-38-40-27-26-39(44(40,7)31-29-41(38)43)34(5)22-23-35(9-2)33(3)4/h9,24,33-34,37-41H,8,10-23,25-32H2,1-7H3/b35-9-/t34-,37+,38+,39-,40+,41+,43+,44-/m1/s1. The van der Waals surface area contributed by atoms with Crippen molar-refractivity contribution in [3.63, 3.8) is 0 Å². The van der Waals surface area contributed by atoms with Crippen LogP contribution in [0.4, 0.5) is 0 Å². The summed E-state index contributed by atoms with van der Waals surface area (Å²) in [6.45, 7) is 17.1. The van der Waals surface area contributed by atoms with Crippen LogP contribution in [0.15, 0.2) is 23.3 Å². The number of unbranched alkanes of at least 4 members (excludes halogenated alkanes) is 11. The Balaban J connectivity index is 1.18. The molecule has 2 heteroatoms. The summed E-state index contributed by atoms with van der Waals surface area (Å²) in [6.07, 6.45) is 34.6. The van der Waals surface area contributed by atoms with Gasteiger partial charge >= 0.3 is 5.97 Å². The first-order valence-electron chi connectivity index (χ1n) is 20.7. The van der Waals surface area contributed by atoms with Gasteiger partial charge in [-0.1, -0.05) is 135 Å². The van der Waals surface area contributed by atoms with Gasteiger partial charge in [-0.05, 0) is 117 Å². The predicted octanol–water partition coefficient (Wildman–Crippen LogP) is 13.6. The van der Waals surface area contributed by atoms with Gasteiger partial charge in [0.05, 0.1) is 0 Å². The van der Waals surface area contributed by atoms with E-state index in [0.717, 1.165) is 48.9 Å². The molecule has 0 bridgehead atoms. The Morgan fingerprint density at radius 1 is 0.848 bits per heavy atom. The number of carbonyl (C=O) groups excluding carboxylic acids is 1. The van der Waals surface area contributed by atoms with Crippen LogP contribution in [0.1, 0.15) is 196 Å². The first-order valence-corrected chi connectivity index (χ1v) is 20.7. The lowest BCUT2D eigenvalue weighted by Crippen LogP contribution is -2.51. The van der Waals surface area contributed by atoms with Crippen molar-refractivity contribution in [3.8, 4) is 0 Å². The summed E-state index contributed by atoms with van der Waals surface area (Å²) in [4.78, 5) is 12.8. The van der Waals surface area contributed by atoms with E-state index in [1.807, 2.05) is 0 Å². The molecule has 0 spiro atoms. The molecule has 4 aliphatic rings. The van der Waals surface area contributed by atoms with Crippen molar-refractivity contribution >= 4 is 5.97 Å². The van der Waals surface area contributed by atoms with E-state index in [9.17, 15) is 4.79 Å². The fourth-order valence-corrected chi connectivity index (χ4v) is 11.4. The molecule has 8 atom stereocenters. The number of ether oxygens (including phenoxy) is 1. The van der Waals surface area contributed by atoms with E-state index in [2.05, 4.69) is 60.6 Å². The molecule has 0 saturated heterocycles. The summed E-state index contributed by atoms with van der Waals surface area (Å²) in [5.41, 5.74) is 4.14. The van der Waals surface area contributed by atoms with Crippen LogP contribution < -0.4 is 0 Å². The smallest absolute Gasteiger partial charge is 0.306 e. The van der Waals surface area contributed by atoms with Crippen molar-refractivity contribution in [2.24, 2.45) is 46.3 Å². The first kappa shape index (κ1) is 37.8. The molecule has 0 heterocycles. The molecule has 3 saturated carbocycles. The summed E-state index contributed by atoms with van der Waals surface area (Å²) in [5.74, 6) is 5.04. The fraction of sp³-hybridized carbons (Fsp3) is 0.886. The number of hydrogen-bond acceptors (Lipinski definition) is 2. The molecule has 0 amide bonds. The highest BCUT2D eigenvalue weighted by Crippen LogP contribution is 2.67. The minimum absolute atomic E-state index is 0.0597. The molecule has 0 aromatic heterocycles. The zero-order valence-corrected chi connectivity index (χ0v) is 31.8. The number of allylic oxidation sites excluding steroid dienone is 3. The molecule has 0 radical (unpaired) electrons. The molecule has 2 nitrogen and oxygen atoms in total. The third-order valence-electron chi connectivity index (χ3n) is 14.4. The number of fused-ring (bicyclic) bond motifs is 5. The molecule has 0 aliphatic heterocycles. The van der Waals surface area contributed by atoms with Crippen molar-refractivity contribution in [1.29, 1.82) is 0 Å². The average molecular weight is 637 g/mol. The van der Waals surface area contributed by atoms with E-state index >= 15 is 0 Å². The summed E-state index contributed by atoms with van der Waals surface area (Å²) in [7, 11) is 0. The molecular weight excluding hydrogens is 560 g/mol. The highest BCUT2D eigenvalue weighted by molar-refractivity contribution is 5.69.